The van der Waals surface area contributed by atoms with Crippen molar-refractivity contribution in [1.29, 1.82) is 0 Å². The lowest BCUT2D eigenvalue weighted by Gasteiger charge is -2.04. The molecule has 0 saturated heterocycles. The number of aromatic nitrogens is 2. The van der Waals surface area contributed by atoms with Gasteiger partial charge in [-0.3, -0.25) is 9.97 Å². The van der Waals surface area contributed by atoms with Gasteiger partial charge in [0.25, 0.3) is 0 Å². The van der Waals surface area contributed by atoms with Crippen LogP contribution >= 0.6 is 0 Å². The van der Waals surface area contributed by atoms with Crippen LogP contribution in [0.4, 0.5) is 4.79 Å². The highest BCUT2D eigenvalue weighted by Crippen LogP contribution is 2.31. The van der Waals surface area contributed by atoms with Crippen LogP contribution in [0.2, 0.25) is 0 Å². The van der Waals surface area contributed by atoms with Crippen molar-refractivity contribution >= 4 is 17.1 Å². The molecule has 76 valence electrons. The van der Waals surface area contributed by atoms with E-state index < -0.39 is 6.16 Å². The van der Waals surface area contributed by atoms with Gasteiger partial charge in [-0.25, -0.2) is 4.79 Å². The van der Waals surface area contributed by atoms with E-state index in [1.807, 2.05) is 0 Å². The molecule has 2 N–H and O–H groups in total. The molecule has 2 rings (SSSR count). The maximum absolute atomic E-state index is 10.3. The van der Waals surface area contributed by atoms with Crippen LogP contribution < -0.4 is 4.74 Å². The van der Waals surface area contributed by atoms with Gasteiger partial charge in [0, 0.05) is 12.4 Å². The molecular weight excluding hydrogens is 200 g/mol. The molecule has 0 amide bonds. The highest BCUT2D eigenvalue weighted by Gasteiger charge is 2.11. The Morgan fingerprint density at radius 2 is 2.20 bits per heavy atom. The number of hydrogen-bond acceptors (Lipinski definition) is 5. The largest absolute Gasteiger partial charge is 0.511 e. The van der Waals surface area contributed by atoms with Crippen molar-refractivity contribution < 1.29 is 19.7 Å². The number of pyridine rings is 2. The van der Waals surface area contributed by atoms with Gasteiger partial charge in [0.1, 0.15) is 0 Å². The van der Waals surface area contributed by atoms with Crippen LogP contribution in [0.3, 0.4) is 0 Å². The molecule has 6 heteroatoms. The molecule has 0 aliphatic carbocycles. The van der Waals surface area contributed by atoms with Crippen LogP contribution in [0.5, 0.6) is 11.5 Å². The number of aromatic hydroxyl groups is 1. The number of carbonyl (C=O) groups is 1. The minimum Gasteiger partial charge on any atom is -0.504 e. The van der Waals surface area contributed by atoms with Gasteiger partial charge in [-0.15, -0.1) is 0 Å². The summed E-state index contributed by atoms with van der Waals surface area (Å²) in [5.74, 6) is -0.487. The summed E-state index contributed by atoms with van der Waals surface area (Å²) >= 11 is 0. The minimum atomic E-state index is -1.50. The Hall–Kier alpha value is -2.37. The Morgan fingerprint density at radius 3 is 2.93 bits per heavy atom. The number of ether oxygens (including phenoxy) is 1. The van der Waals surface area contributed by atoms with E-state index in [0.717, 1.165) is 6.20 Å². The predicted molar refractivity (Wildman–Crippen MR) is 49.9 cm³/mol. The Morgan fingerprint density at radius 1 is 1.40 bits per heavy atom. The highest BCUT2D eigenvalue weighted by atomic mass is 16.7. The fourth-order valence-electron chi connectivity index (χ4n) is 1.17. The summed E-state index contributed by atoms with van der Waals surface area (Å²) in [5, 5.41) is 18.4. The van der Waals surface area contributed by atoms with Crippen LogP contribution in [0.25, 0.3) is 10.9 Å². The Kier molecular flexibility index (Phi) is 2.09. The van der Waals surface area contributed by atoms with E-state index >= 15 is 0 Å². The summed E-state index contributed by atoms with van der Waals surface area (Å²) in [6, 6.07) is 1.60. The molecule has 0 spiro atoms. The van der Waals surface area contributed by atoms with Crippen molar-refractivity contribution in [3.05, 3.63) is 24.7 Å². The number of hydrogen-bond donors (Lipinski definition) is 2. The summed E-state index contributed by atoms with van der Waals surface area (Å²) in [6.07, 6.45) is 2.54. The van der Waals surface area contributed by atoms with Crippen LogP contribution in [0, 0.1) is 0 Å². The maximum Gasteiger partial charge on any atom is 0.511 e. The fraction of sp³-hybridized carbons (Fsp3) is 0. The van der Waals surface area contributed by atoms with Gasteiger partial charge in [-0.05, 0) is 6.07 Å². The van der Waals surface area contributed by atoms with Gasteiger partial charge in [0.15, 0.2) is 11.5 Å². The first-order valence-corrected chi connectivity index (χ1v) is 4.01. The van der Waals surface area contributed by atoms with E-state index in [1.54, 1.807) is 6.07 Å². The molecule has 0 aromatic carbocycles. The Labute approximate surface area is 83.8 Å². The number of nitrogens with zero attached hydrogens (tertiary/aromatic N) is 2. The first-order valence-electron chi connectivity index (χ1n) is 4.01. The van der Waals surface area contributed by atoms with E-state index in [4.69, 9.17) is 5.11 Å². The monoisotopic (exact) mass is 206 g/mol. The zero-order valence-electron chi connectivity index (χ0n) is 7.41. The average Bonchev–Trinajstić information content (AvgIpc) is 2.22. The quantitative estimate of drug-likeness (QED) is 0.685. The summed E-state index contributed by atoms with van der Waals surface area (Å²) in [7, 11) is 0. The molecule has 15 heavy (non-hydrogen) atoms. The van der Waals surface area contributed by atoms with Crippen LogP contribution in [-0.4, -0.2) is 26.3 Å². The van der Waals surface area contributed by atoms with E-state index in [9.17, 15) is 9.90 Å². The molecule has 0 bridgehead atoms. The van der Waals surface area contributed by atoms with E-state index in [2.05, 4.69) is 14.7 Å². The molecule has 2 aromatic rings. The van der Waals surface area contributed by atoms with E-state index in [0.29, 0.717) is 10.9 Å². The summed E-state index contributed by atoms with van der Waals surface area (Å²) in [6.45, 7) is 0. The third kappa shape index (κ3) is 1.64. The molecule has 0 atom stereocenters. The van der Waals surface area contributed by atoms with E-state index in [-0.39, 0.29) is 11.5 Å². The second-order valence-electron chi connectivity index (χ2n) is 2.73. The molecule has 0 saturated carbocycles. The average molecular weight is 206 g/mol. The first-order chi connectivity index (χ1) is 7.18. The molecule has 0 fully saturated rings. The van der Waals surface area contributed by atoms with Gasteiger partial charge in [0.05, 0.1) is 17.1 Å². The zero-order valence-corrected chi connectivity index (χ0v) is 7.41. The van der Waals surface area contributed by atoms with Crippen LogP contribution in [0.15, 0.2) is 24.7 Å². The van der Waals surface area contributed by atoms with Gasteiger partial charge in [-0.2, -0.15) is 0 Å². The maximum atomic E-state index is 10.3. The first kappa shape index (κ1) is 9.20. The normalized spacial score (nSPS) is 10.1. The molecule has 0 aliphatic rings. The van der Waals surface area contributed by atoms with Crippen molar-refractivity contribution in [3.8, 4) is 11.5 Å². The molecule has 2 heterocycles. The minimum absolute atomic E-state index is 0.206. The summed E-state index contributed by atoms with van der Waals surface area (Å²) in [4.78, 5) is 18.0. The molecule has 6 nitrogen and oxygen atoms in total. The van der Waals surface area contributed by atoms with Crippen LogP contribution in [0.1, 0.15) is 0 Å². The molecule has 0 aliphatic heterocycles. The highest BCUT2D eigenvalue weighted by molar-refractivity contribution is 5.86. The lowest BCUT2D eigenvalue weighted by atomic mass is 10.2. The Bertz CT molecular complexity index is 527. The van der Waals surface area contributed by atoms with Crippen molar-refractivity contribution in [2.24, 2.45) is 0 Å². The van der Waals surface area contributed by atoms with Crippen molar-refractivity contribution in [3.63, 3.8) is 0 Å². The summed E-state index contributed by atoms with van der Waals surface area (Å²) in [5.41, 5.74) is 0.514. The third-order valence-corrected chi connectivity index (χ3v) is 1.80. The lowest BCUT2D eigenvalue weighted by molar-refractivity contribution is 0.143. The smallest absolute Gasteiger partial charge is 0.504 e. The van der Waals surface area contributed by atoms with Crippen molar-refractivity contribution in [1.82, 2.24) is 9.97 Å². The lowest BCUT2D eigenvalue weighted by Crippen LogP contribution is -2.03. The number of rotatable bonds is 1. The SMILES string of the molecule is O=C(O)Oc1cnc2ccncc2c1O. The predicted octanol–water partition coefficient (Wildman–Crippen LogP) is 1.39. The van der Waals surface area contributed by atoms with Gasteiger partial charge < -0.3 is 14.9 Å². The number of carboxylic acid groups (broad SMARTS) is 1. The zero-order chi connectivity index (χ0) is 10.8. The van der Waals surface area contributed by atoms with Gasteiger partial charge in [-0.1, -0.05) is 0 Å². The fourth-order valence-corrected chi connectivity index (χ4v) is 1.17. The second kappa shape index (κ2) is 3.41. The second-order valence-corrected chi connectivity index (χ2v) is 2.73. The van der Waals surface area contributed by atoms with Crippen molar-refractivity contribution in [2.75, 3.05) is 0 Å². The topological polar surface area (TPSA) is 92.5 Å². The van der Waals surface area contributed by atoms with Gasteiger partial charge in [0.2, 0.25) is 0 Å². The number of fused-ring (bicyclic) bond motifs is 1. The Balaban J connectivity index is 2.59. The third-order valence-electron chi connectivity index (χ3n) is 1.80. The van der Waals surface area contributed by atoms with Gasteiger partial charge >= 0.3 is 6.16 Å². The van der Waals surface area contributed by atoms with Crippen LogP contribution in [-0.2, 0) is 0 Å². The molecule has 0 radical (unpaired) electrons. The molecule has 2 aromatic heterocycles. The van der Waals surface area contributed by atoms with Crippen molar-refractivity contribution in [2.45, 2.75) is 0 Å². The summed E-state index contributed by atoms with van der Waals surface area (Å²) < 4.78 is 4.33. The standard InChI is InChI=1S/C9H6N2O4/c12-8-5-3-10-2-1-6(5)11-4-7(8)15-9(13)14/h1-4H,(H,11,12)(H,13,14). The molecule has 0 unspecified atom stereocenters. The van der Waals surface area contributed by atoms with E-state index in [1.165, 1.54) is 12.4 Å². The molecular formula is C9H6N2O4.